The van der Waals surface area contributed by atoms with Crippen molar-refractivity contribution in [2.45, 2.75) is 32.1 Å². The quantitative estimate of drug-likeness (QED) is 0.892. The van der Waals surface area contributed by atoms with Gasteiger partial charge in [-0.1, -0.05) is 31.2 Å². The third-order valence-electron chi connectivity index (χ3n) is 4.75. The van der Waals surface area contributed by atoms with E-state index in [4.69, 9.17) is 0 Å². The predicted octanol–water partition coefficient (Wildman–Crippen LogP) is 3.59. The summed E-state index contributed by atoms with van der Waals surface area (Å²) in [4.78, 5) is 14.9. The molecule has 138 valence electrons. The standard InChI is InChI=1S/C20H24N2O3S/c1-14-8-9-16(3)19(12-14)26(24,25)21-18-7-5-4-6-17(18)20(23)22-11-10-15(2)13-22/h4-9,12,15,21H,10-11,13H2,1-3H3. The molecule has 0 saturated carbocycles. The lowest BCUT2D eigenvalue weighted by Crippen LogP contribution is -2.29. The van der Waals surface area contributed by atoms with Gasteiger partial charge in [-0.05, 0) is 55.5 Å². The maximum Gasteiger partial charge on any atom is 0.262 e. The summed E-state index contributed by atoms with van der Waals surface area (Å²) in [6.07, 6.45) is 0.974. The lowest BCUT2D eigenvalue weighted by molar-refractivity contribution is 0.0789. The van der Waals surface area contributed by atoms with Crippen LogP contribution in [0.15, 0.2) is 47.4 Å². The molecular formula is C20H24N2O3S. The van der Waals surface area contributed by atoms with Gasteiger partial charge in [0.2, 0.25) is 0 Å². The van der Waals surface area contributed by atoms with Crippen LogP contribution in [0.25, 0.3) is 0 Å². The van der Waals surface area contributed by atoms with E-state index in [-0.39, 0.29) is 10.8 Å². The molecule has 1 saturated heterocycles. The van der Waals surface area contributed by atoms with E-state index in [9.17, 15) is 13.2 Å². The third kappa shape index (κ3) is 3.75. The van der Waals surface area contributed by atoms with Gasteiger partial charge in [-0.15, -0.1) is 0 Å². The molecule has 1 aliphatic heterocycles. The van der Waals surface area contributed by atoms with Crippen LogP contribution in [-0.2, 0) is 10.0 Å². The van der Waals surface area contributed by atoms with E-state index >= 15 is 0 Å². The number of carbonyl (C=O) groups excluding carboxylic acids is 1. The number of hydrogen-bond donors (Lipinski definition) is 1. The number of sulfonamides is 1. The first-order valence-electron chi connectivity index (χ1n) is 8.76. The van der Waals surface area contributed by atoms with Crippen LogP contribution < -0.4 is 4.72 Å². The number of nitrogens with one attached hydrogen (secondary N) is 1. The van der Waals surface area contributed by atoms with E-state index in [0.29, 0.717) is 35.8 Å². The van der Waals surface area contributed by atoms with Crippen molar-refractivity contribution in [3.05, 3.63) is 59.2 Å². The van der Waals surface area contributed by atoms with Gasteiger partial charge in [-0.3, -0.25) is 9.52 Å². The molecule has 3 rings (SSSR count). The molecule has 6 heteroatoms. The van der Waals surface area contributed by atoms with Crippen LogP contribution in [0.4, 0.5) is 5.69 Å². The molecule has 0 spiro atoms. The van der Waals surface area contributed by atoms with Crippen LogP contribution in [0.2, 0.25) is 0 Å². The molecule has 1 atom stereocenters. The van der Waals surface area contributed by atoms with Crippen LogP contribution in [0.1, 0.15) is 34.8 Å². The van der Waals surface area contributed by atoms with Gasteiger partial charge in [-0.2, -0.15) is 0 Å². The summed E-state index contributed by atoms with van der Waals surface area (Å²) in [5.74, 6) is 0.339. The molecule has 0 aromatic heterocycles. The van der Waals surface area contributed by atoms with Crippen molar-refractivity contribution >= 4 is 21.6 Å². The first-order valence-corrected chi connectivity index (χ1v) is 10.2. The maximum atomic E-state index is 12.9. The Bertz CT molecular complexity index is 938. The number of carbonyl (C=O) groups is 1. The van der Waals surface area contributed by atoms with Crippen molar-refractivity contribution in [1.82, 2.24) is 4.90 Å². The summed E-state index contributed by atoms with van der Waals surface area (Å²) in [5.41, 5.74) is 2.24. The van der Waals surface area contributed by atoms with Crippen molar-refractivity contribution in [2.75, 3.05) is 17.8 Å². The average Bonchev–Trinajstić information content (AvgIpc) is 3.03. The fourth-order valence-electron chi connectivity index (χ4n) is 3.24. The van der Waals surface area contributed by atoms with Gasteiger partial charge in [0.25, 0.3) is 15.9 Å². The molecule has 0 bridgehead atoms. The summed E-state index contributed by atoms with van der Waals surface area (Å²) in [7, 11) is -3.78. The molecule has 1 aliphatic rings. The number of likely N-dealkylation sites (tertiary alicyclic amines) is 1. The molecular weight excluding hydrogens is 348 g/mol. The molecule has 0 aliphatic carbocycles. The van der Waals surface area contributed by atoms with Gasteiger partial charge < -0.3 is 4.90 Å². The number of rotatable bonds is 4. The maximum absolute atomic E-state index is 12.9. The number of benzene rings is 2. The molecule has 0 radical (unpaired) electrons. The largest absolute Gasteiger partial charge is 0.338 e. The highest BCUT2D eigenvalue weighted by Gasteiger charge is 2.27. The van der Waals surface area contributed by atoms with E-state index in [2.05, 4.69) is 11.6 Å². The minimum Gasteiger partial charge on any atom is -0.338 e. The number of anilines is 1. The van der Waals surface area contributed by atoms with Gasteiger partial charge >= 0.3 is 0 Å². The van der Waals surface area contributed by atoms with E-state index in [1.165, 1.54) is 0 Å². The molecule has 26 heavy (non-hydrogen) atoms. The zero-order valence-corrected chi connectivity index (χ0v) is 16.1. The van der Waals surface area contributed by atoms with Gasteiger partial charge in [0.15, 0.2) is 0 Å². The van der Waals surface area contributed by atoms with Gasteiger partial charge in [0.05, 0.1) is 16.1 Å². The summed E-state index contributed by atoms with van der Waals surface area (Å²) >= 11 is 0. The smallest absolute Gasteiger partial charge is 0.262 e. The molecule has 1 unspecified atom stereocenters. The summed E-state index contributed by atoms with van der Waals surface area (Å²) < 4.78 is 28.4. The monoisotopic (exact) mass is 372 g/mol. The Kier molecular flexibility index (Phi) is 5.05. The highest BCUT2D eigenvalue weighted by Crippen LogP contribution is 2.26. The fourth-order valence-corrected chi connectivity index (χ4v) is 4.66. The predicted molar refractivity (Wildman–Crippen MR) is 103 cm³/mol. The van der Waals surface area contributed by atoms with E-state index in [0.717, 1.165) is 12.0 Å². The van der Waals surface area contributed by atoms with E-state index in [1.54, 1.807) is 48.2 Å². The Morgan fingerprint density at radius 1 is 1.15 bits per heavy atom. The SMILES string of the molecule is Cc1ccc(C)c(S(=O)(=O)Nc2ccccc2C(=O)N2CCC(C)C2)c1. The molecule has 1 fully saturated rings. The Hall–Kier alpha value is -2.34. The second-order valence-electron chi connectivity index (χ2n) is 7.07. The van der Waals surface area contributed by atoms with Gasteiger partial charge in [0, 0.05) is 13.1 Å². The van der Waals surface area contributed by atoms with Crippen LogP contribution in [0, 0.1) is 19.8 Å². The lowest BCUT2D eigenvalue weighted by Gasteiger charge is -2.19. The Labute approximate surface area is 155 Å². The van der Waals surface area contributed by atoms with Crippen molar-refractivity contribution in [2.24, 2.45) is 5.92 Å². The first-order chi connectivity index (χ1) is 12.3. The molecule has 2 aromatic carbocycles. The lowest BCUT2D eigenvalue weighted by atomic mass is 10.1. The Balaban J connectivity index is 1.93. The van der Waals surface area contributed by atoms with Crippen LogP contribution >= 0.6 is 0 Å². The number of para-hydroxylation sites is 1. The zero-order valence-electron chi connectivity index (χ0n) is 15.3. The second kappa shape index (κ2) is 7.11. The summed E-state index contributed by atoms with van der Waals surface area (Å²) in [5, 5.41) is 0. The number of aryl methyl sites for hydroxylation is 2. The molecule has 5 nitrogen and oxygen atoms in total. The van der Waals surface area contributed by atoms with Crippen molar-refractivity contribution in [1.29, 1.82) is 0 Å². The Morgan fingerprint density at radius 3 is 2.58 bits per heavy atom. The van der Waals surface area contributed by atoms with Gasteiger partial charge in [-0.25, -0.2) is 8.42 Å². The topological polar surface area (TPSA) is 66.5 Å². The molecule has 1 amide bonds. The van der Waals surface area contributed by atoms with Crippen LogP contribution in [-0.4, -0.2) is 32.3 Å². The van der Waals surface area contributed by atoms with E-state index < -0.39 is 10.0 Å². The minimum absolute atomic E-state index is 0.131. The Morgan fingerprint density at radius 2 is 1.88 bits per heavy atom. The number of nitrogens with zero attached hydrogens (tertiary/aromatic N) is 1. The second-order valence-corrected chi connectivity index (χ2v) is 8.72. The average molecular weight is 372 g/mol. The van der Waals surface area contributed by atoms with Crippen molar-refractivity contribution in [3.8, 4) is 0 Å². The first kappa shape index (κ1) is 18.5. The number of hydrogen-bond acceptors (Lipinski definition) is 3. The van der Waals surface area contributed by atoms with Gasteiger partial charge in [0.1, 0.15) is 0 Å². The van der Waals surface area contributed by atoms with Crippen LogP contribution in [0.5, 0.6) is 0 Å². The molecule has 2 aromatic rings. The normalized spacial score (nSPS) is 17.3. The third-order valence-corrected chi connectivity index (χ3v) is 6.25. The van der Waals surface area contributed by atoms with Crippen molar-refractivity contribution < 1.29 is 13.2 Å². The summed E-state index contributed by atoms with van der Waals surface area (Å²) in [6, 6.07) is 12.1. The molecule has 1 N–H and O–H groups in total. The molecule has 1 heterocycles. The minimum atomic E-state index is -3.78. The van der Waals surface area contributed by atoms with Crippen molar-refractivity contribution in [3.63, 3.8) is 0 Å². The fraction of sp³-hybridized carbons (Fsp3) is 0.350. The van der Waals surface area contributed by atoms with Crippen LogP contribution in [0.3, 0.4) is 0 Å². The van der Waals surface area contributed by atoms with E-state index in [1.807, 2.05) is 13.0 Å². The highest BCUT2D eigenvalue weighted by molar-refractivity contribution is 7.92. The zero-order chi connectivity index (χ0) is 18.9. The summed E-state index contributed by atoms with van der Waals surface area (Å²) in [6.45, 7) is 7.14. The highest BCUT2D eigenvalue weighted by atomic mass is 32.2. The number of amides is 1.